The zero-order valence-corrected chi connectivity index (χ0v) is 13.0. The molecule has 1 N–H and O–H groups in total. The molecule has 1 amide bonds. The average molecular weight is 306 g/mol. The van der Waals surface area contributed by atoms with Crippen LogP contribution in [0.3, 0.4) is 0 Å². The Bertz CT molecular complexity index is 525. The minimum atomic E-state index is -0.0292. The van der Waals surface area contributed by atoms with Gasteiger partial charge in [-0.25, -0.2) is 0 Å². The molecule has 0 spiro atoms. The molecule has 0 bridgehead atoms. The van der Waals surface area contributed by atoms with E-state index in [-0.39, 0.29) is 12.5 Å². The number of rotatable bonds is 9. The van der Waals surface area contributed by atoms with Crippen LogP contribution in [0, 0.1) is 11.3 Å². The van der Waals surface area contributed by atoms with Crippen molar-refractivity contribution in [2.24, 2.45) is 0 Å². The van der Waals surface area contributed by atoms with Crippen molar-refractivity contribution in [2.45, 2.75) is 19.8 Å². The first-order chi connectivity index (χ1) is 10.7. The van der Waals surface area contributed by atoms with E-state index in [0.29, 0.717) is 49.6 Å². The molecular formula is C16H22N2O4. The maximum Gasteiger partial charge on any atom is 0.222 e. The van der Waals surface area contributed by atoms with Crippen molar-refractivity contribution in [2.75, 3.05) is 33.4 Å². The van der Waals surface area contributed by atoms with Crippen molar-refractivity contribution < 1.29 is 19.4 Å². The average Bonchev–Trinajstić information content (AvgIpc) is 2.56. The Kier molecular flexibility index (Phi) is 7.79. The summed E-state index contributed by atoms with van der Waals surface area (Å²) in [6.07, 6.45) is 0.941. The van der Waals surface area contributed by atoms with Gasteiger partial charge < -0.3 is 19.5 Å². The maximum absolute atomic E-state index is 11.9. The predicted molar refractivity (Wildman–Crippen MR) is 81.8 cm³/mol. The van der Waals surface area contributed by atoms with E-state index < -0.39 is 0 Å². The number of amides is 1. The SMILES string of the molecule is CCN(CCO)C(=O)CCCOc1ccc(C#N)cc1OC. The van der Waals surface area contributed by atoms with Gasteiger partial charge >= 0.3 is 0 Å². The highest BCUT2D eigenvalue weighted by Gasteiger charge is 2.11. The van der Waals surface area contributed by atoms with Crippen molar-refractivity contribution in [3.05, 3.63) is 23.8 Å². The molecule has 0 radical (unpaired) electrons. The van der Waals surface area contributed by atoms with Gasteiger partial charge in [-0.05, 0) is 25.5 Å². The third kappa shape index (κ3) is 5.26. The van der Waals surface area contributed by atoms with Gasteiger partial charge in [-0.3, -0.25) is 4.79 Å². The molecular weight excluding hydrogens is 284 g/mol. The quantitative estimate of drug-likeness (QED) is 0.700. The Balaban J connectivity index is 2.45. The van der Waals surface area contributed by atoms with Gasteiger partial charge in [0.25, 0.3) is 0 Å². The summed E-state index contributed by atoms with van der Waals surface area (Å²) in [5.74, 6) is 1.06. The van der Waals surface area contributed by atoms with Crippen LogP contribution in [0.5, 0.6) is 11.5 Å². The number of carbonyl (C=O) groups excluding carboxylic acids is 1. The van der Waals surface area contributed by atoms with E-state index in [9.17, 15) is 4.79 Å². The zero-order valence-electron chi connectivity index (χ0n) is 13.0. The molecule has 1 rings (SSSR count). The molecule has 0 saturated heterocycles. The van der Waals surface area contributed by atoms with Gasteiger partial charge in [0.2, 0.25) is 5.91 Å². The van der Waals surface area contributed by atoms with E-state index in [2.05, 4.69) is 0 Å². The van der Waals surface area contributed by atoms with Crippen LogP contribution in [0.1, 0.15) is 25.3 Å². The molecule has 0 fully saturated rings. The van der Waals surface area contributed by atoms with Crippen molar-refractivity contribution in [3.63, 3.8) is 0 Å². The predicted octanol–water partition coefficient (Wildman–Crippen LogP) is 1.57. The van der Waals surface area contributed by atoms with Crippen LogP contribution in [0.2, 0.25) is 0 Å². The molecule has 0 aliphatic rings. The number of likely N-dealkylation sites (N-methyl/N-ethyl adjacent to an activating group) is 1. The lowest BCUT2D eigenvalue weighted by Gasteiger charge is -2.19. The summed E-state index contributed by atoms with van der Waals surface area (Å²) in [4.78, 5) is 13.5. The fourth-order valence-corrected chi connectivity index (χ4v) is 2.00. The number of benzene rings is 1. The summed E-state index contributed by atoms with van der Waals surface area (Å²) in [6.45, 7) is 3.18. The number of carbonyl (C=O) groups is 1. The smallest absolute Gasteiger partial charge is 0.222 e. The van der Waals surface area contributed by atoms with Crippen LogP contribution in [-0.2, 0) is 4.79 Å². The minimum Gasteiger partial charge on any atom is -0.493 e. The second-order valence-electron chi connectivity index (χ2n) is 4.63. The lowest BCUT2D eigenvalue weighted by Crippen LogP contribution is -2.33. The van der Waals surface area contributed by atoms with E-state index in [4.69, 9.17) is 19.8 Å². The van der Waals surface area contributed by atoms with Crippen LogP contribution in [0.15, 0.2) is 18.2 Å². The van der Waals surface area contributed by atoms with Crippen LogP contribution in [-0.4, -0.2) is 49.3 Å². The second kappa shape index (κ2) is 9.64. The highest BCUT2D eigenvalue weighted by molar-refractivity contribution is 5.76. The van der Waals surface area contributed by atoms with Crippen molar-refractivity contribution in [1.82, 2.24) is 4.90 Å². The molecule has 0 saturated carbocycles. The molecule has 0 unspecified atom stereocenters. The first kappa shape index (κ1) is 17.8. The highest BCUT2D eigenvalue weighted by Crippen LogP contribution is 2.27. The lowest BCUT2D eigenvalue weighted by molar-refractivity contribution is -0.131. The minimum absolute atomic E-state index is 0.00643. The summed E-state index contributed by atoms with van der Waals surface area (Å²) in [7, 11) is 1.51. The van der Waals surface area contributed by atoms with Gasteiger partial charge in [0.1, 0.15) is 0 Å². The van der Waals surface area contributed by atoms with Crippen LogP contribution < -0.4 is 9.47 Å². The number of aliphatic hydroxyl groups excluding tert-OH is 1. The first-order valence-electron chi connectivity index (χ1n) is 7.25. The molecule has 6 heteroatoms. The topological polar surface area (TPSA) is 82.8 Å². The molecule has 120 valence electrons. The van der Waals surface area contributed by atoms with Crippen LogP contribution in [0.25, 0.3) is 0 Å². The van der Waals surface area contributed by atoms with E-state index in [0.717, 1.165) is 0 Å². The lowest BCUT2D eigenvalue weighted by atomic mass is 10.2. The van der Waals surface area contributed by atoms with Gasteiger partial charge in [0.05, 0.1) is 32.0 Å². The molecule has 6 nitrogen and oxygen atoms in total. The van der Waals surface area contributed by atoms with Gasteiger partial charge in [0.15, 0.2) is 11.5 Å². The molecule has 0 aromatic heterocycles. The Labute approximate surface area is 130 Å². The van der Waals surface area contributed by atoms with Crippen LogP contribution >= 0.6 is 0 Å². The largest absolute Gasteiger partial charge is 0.493 e. The van der Waals surface area contributed by atoms with Gasteiger partial charge in [-0.15, -0.1) is 0 Å². The molecule has 0 heterocycles. The summed E-state index contributed by atoms with van der Waals surface area (Å²) < 4.78 is 10.8. The molecule has 0 atom stereocenters. The summed E-state index contributed by atoms with van der Waals surface area (Å²) in [6, 6.07) is 6.99. The third-order valence-corrected chi connectivity index (χ3v) is 3.19. The second-order valence-corrected chi connectivity index (χ2v) is 4.63. The highest BCUT2D eigenvalue weighted by atomic mass is 16.5. The fraction of sp³-hybridized carbons (Fsp3) is 0.500. The van der Waals surface area contributed by atoms with Gasteiger partial charge in [-0.1, -0.05) is 0 Å². The number of nitrogens with zero attached hydrogens (tertiary/aromatic N) is 2. The zero-order chi connectivity index (χ0) is 16.4. The molecule has 1 aromatic rings. The third-order valence-electron chi connectivity index (χ3n) is 3.19. The normalized spacial score (nSPS) is 9.91. The number of methoxy groups -OCH3 is 1. The Morgan fingerprint density at radius 1 is 1.41 bits per heavy atom. The number of ether oxygens (including phenoxy) is 2. The van der Waals surface area contributed by atoms with Gasteiger partial charge in [0, 0.05) is 25.6 Å². The maximum atomic E-state index is 11.9. The molecule has 1 aromatic carbocycles. The number of nitriles is 1. The number of hydrogen-bond acceptors (Lipinski definition) is 5. The Morgan fingerprint density at radius 3 is 2.77 bits per heavy atom. The van der Waals surface area contributed by atoms with E-state index >= 15 is 0 Å². The van der Waals surface area contributed by atoms with Crippen LogP contribution in [0.4, 0.5) is 0 Å². The summed E-state index contributed by atoms with van der Waals surface area (Å²) in [5.41, 5.74) is 0.502. The van der Waals surface area contributed by atoms with Crippen molar-refractivity contribution >= 4 is 5.91 Å². The molecule has 0 aliphatic carbocycles. The van der Waals surface area contributed by atoms with Crippen molar-refractivity contribution in [3.8, 4) is 17.6 Å². The van der Waals surface area contributed by atoms with E-state index in [1.165, 1.54) is 7.11 Å². The summed E-state index contributed by atoms with van der Waals surface area (Å²) in [5, 5.41) is 17.7. The first-order valence-corrected chi connectivity index (χ1v) is 7.25. The Hall–Kier alpha value is -2.26. The molecule has 22 heavy (non-hydrogen) atoms. The van der Waals surface area contributed by atoms with E-state index in [1.807, 2.05) is 13.0 Å². The number of hydrogen-bond donors (Lipinski definition) is 1. The van der Waals surface area contributed by atoms with Gasteiger partial charge in [-0.2, -0.15) is 5.26 Å². The standard InChI is InChI=1S/C16H22N2O4/c1-3-18(8-9-19)16(20)5-4-10-22-14-7-6-13(12-17)11-15(14)21-2/h6-7,11,19H,3-5,8-10H2,1-2H3. The number of aliphatic hydroxyl groups is 1. The summed E-state index contributed by atoms with van der Waals surface area (Å²) >= 11 is 0. The van der Waals surface area contributed by atoms with E-state index in [1.54, 1.807) is 23.1 Å². The van der Waals surface area contributed by atoms with Crippen molar-refractivity contribution in [1.29, 1.82) is 5.26 Å². The monoisotopic (exact) mass is 306 g/mol. The Morgan fingerprint density at radius 2 is 2.18 bits per heavy atom. The fourth-order valence-electron chi connectivity index (χ4n) is 2.00. The molecule has 0 aliphatic heterocycles.